The first-order valence-electron chi connectivity index (χ1n) is 7.33. The molecule has 0 aromatic heterocycles. The highest BCUT2D eigenvalue weighted by Crippen LogP contribution is 2.33. The number of para-hydroxylation sites is 1. The highest BCUT2D eigenvalue weighted by molar-refractivity contribution is 5.84. The van der Waals surface area contributed by atoms with Gasteiger partial charge >= 0.3 is 5.97 Å². The number of amides is 1. The number of carboxylic acids is 1. The molecule has 0 aliphatic heterocycles. The average molecular weight is 291 g/mol. The highest BCUT2D eigenvalue weighted by atomic mass is 16.5. The van der Waals surface area contributed by atoms with Crippen molar-refractivity contribution in [2.24, 2.45) is 5.92 Å². The summed E-state index contributed by atoms with van der Waals surface area (Å²) >= 11 is 0. The Morgan fingerprint density at radius 2 is 2.10 bits per heavy atom. The largest absolute Gasteiger partial charge is 0.483 e. The van der Waals surface area contributed by atoms with Crippen LogP contribution in [0.1, 0.15) is 31.7 Å². The standard InChI is InChI=1S/C16H21NO4/c1-2-12-5-3-4-6-14(12)21-10-15(18)17-13(16(19)20)9-11-7-8-11/h3-6,11,13H,2,7-10H2,1H3,(H,17,18)(H,19,20). The number of nitrogens with one attached hydrogen (secondary N) is 1. The van der Waals surface area contributed by atoms with Gasteiger partial charge < -0.3 is 15.2 Å². The van der Waals surface area contributed by atoms with Crippen molar-refractivity contribution in [1.29, 1.82) is 0 Å². The summed E-state index contributed by atoms with van der Waals surface area (Å²) in [5, 5.41) is 11.6. The van der Waals surface area contributed by atoms with Gasteiger partial charge in [0.25, 0.3) is 5.91 Å². The summed E-state index contributed by atoms with van der Waals surface area (Å²) in [6.45, 7) is 1.85. The number of ether oxygens (including phenoxy) is 1. The van der Waals surface area contributed by atoms with Crippen molar-refractivity contribution in [3.63, 3.8) is 0 Å². The minimum Gasteiger partial charge on any atom is -0.483 e. The van der Waals surface area contributed by atoms with Gasteiger partial charge in [0.1, 0.15) is 11.8 Å². The molecule has 1 aliphatic carbocycles. The van der Waals surface area contributed by atoms with E-state index in [9.17, 15) is 9.59 Å². The molecule has 0 spiro atoms. The SMILES string of the molecule is CCc1ccccc1OCC(=O)NC(CC1CC1)C(=O)O. The Labute approximate surface area is 124 Å². The molecule has 2 N–H and O–H groups in total. The van der Waals surface area contributed by atoms with Crippen LogP contribution in [0, 0.1) is 5.92 Å². The van der Waals surface area contributed by atoms with E-state index in [0.717, 1.165) is 24.8 Å². The maximum Gasteiger partial charge on any atom is 0.326 e. The normalized spacial score (nSPS) is 15.3. The Bertz CT molecular complexity index is 511. The van der Waals surface area contributed by atoms with Crippen LogP contribution >= 0.6 is 0 Å². The lowest BCUT2D eigenvalue weighted by Crippen LogP contribution is -2.43. The predicted octanol–water partition coefficient (Wildman–Crippen LogP) is 2.00. The van der Waals surface area contributed by atoms with Gasteiger partial charge in [0.05, 0.1) is 0 Å². The molecule has 1 unspecified atom stereocenters. The van der Waals surface area contributed by atoms with Crippen molar-refractivity contribution < 1.29 is 19.4 Å². The molecule has 0 heterocycles. The number of carbonyl (C=O) groups excluding carboxylic acids is 1. The van der Waals surface area contributed by atoms with Crippen molar-refractivity contribution in [3.05, 3.63) is 29.8 Å². The molecule has 0 bridgehead atoms. The van der Waals surface area contributed by atoms with Crippen LogP contribution in [0.5, 0.6) is 5.75 Å². The van der Waals surface area contributed by atoms with Crippen LogP contribution in [0.3, 0.4) is 0 Å². The van der Waals surface area contributed by atoms with Gasteiger partial charge in [-0.15, -0.1) is 0 Å². The van der Waals surface area contributed by atoms with Crippen LogP contribution in [-0.2, 0) is 16.0 Å². The van der Waals surface area contributed by atoms with Gasteiger partial charge in [0, 0.05) is 0 Å². The number of carbonyl (C=O) groups is 2. The van der Waals surface area contributed by atoms with Crippen molar-refractivity contribution in [3.8, 4) is 5.75 Å². The molecule has 1 saturated carbocycles. The van der Waals surface area contributed by atoms with E-state index in [-0.39, 0.29) is 6.61 Å². The molecule has 1 aromatic rings. The summed E-state index contributed by atoms with van der Waals surface area (Å²) in [4.78, 5) is 23.0. The topological polar surface area (TPSA) is 75.6 Å². The maximum atomic E-state index is 11.8. The molecule has 1 atom stereocenters. The van der Waals surface area contributed by atoms with E-state index >= 15 is 0 Å². The quantitative estimate of drug-likeness (QED) is 0.768. The summed E-state index contributed by atoms with van der Waals surface area (Å²) in [5.74, 6) is -0.268. The second-order valence-electron chi connectivity index (χ2n) is 5.39. The van der Waals surface area contributed by atoms with E-state index in [0.29, 0.717) is 18.1 Å². The third kappa shape index (κ3) is 4.77. The fraction of sp³-hybridized carbons (Fsp3) is 0.500. The van der Waals surface area contributed by atoms with E-state index < -0.39 is 17.9 Å². The van der Waals surface area contributed by atoms with Crippen LogP contribution in [0.15, 0.2) is 24.3 Å². The van der Waals surface area contributed by atoms with Gasteiger partial charge in [-0.1, -0.05) is 38.0 Å². The molecule has 0 saturated heterocycles. The second kappa shape index (κ2) is 7.11. The molecule has 1 aromatic carbocycles. The number of rotatable bonds is 8. The van der Waals surface area contributed by atoms with Gasteiger partial charge in [-0.3, -0.25) is 4.79 Å². The summed E-state index contributed by atoms with van der Waals surface area (Å²) in [7, 11) is 0. The highest BCUT2D eigenvalue weighted by Gasteiger charge is 2.30. The molecule has 114 valence electrons. The molecule has 1 fully saturated rings. The Morgan fingerprint density at radius 1 is 1.38 bits per heavy atom. The van der Waals surface area contributed by atoms with Crippen LogP contribution in [-0.4, -0.2) is 29.6 Å². The molecule has 5 nitrogen and oxygen atoms in total. The third-order valence-corrected chi connectivity index (χ3v) is 3.61. The number of hydrogen-bond donors (Lipinski definition) is 2. The number of carboxylic acid groups (broad SMARTS) is 1. The molecular formula is C16H21NO4. The van der Waals surface area contributed by atoms with Crippen LogP contribution in [0.2, 0.25) is 0 Å². The molecule has 1 amide bonds. The number of aryl methyl sites for hydroxylation is 1. The lowest BCUT2D eigenvalue weighted by Gasteiger charge is -2.15. The van der Waals surface area contributed by atoms with Gasteiger partial charge in [-0.05, 0) is 30.4 Å². The van der Waals surface area contributed by atoms with E-state index in [1.807, 2.05) is 31.2 Å². The number of hydrogen-bond acceptors (Lipinski definition) is 3. The van der Waals surface area contributed by atoms with E-state index in [1.54, 1.807) is 0 Å². The van der Waals surface area contributed by atoms with Crippen molar-refractivity contribution in [1.82, 2.24) is 5.32 Å². The molecule has 1 aliphatic rings. The Balaban J connectivity index is 1.84. The molecule has 5 heteroatoms. The summed E-state index contributed by atoms with van der Waals surface area (Å²) < 4.78 is 5.49. The van der Waals surface area contributed by atoms with Crippen LogP contribution in [0.4, 0.5) is 0 Å². The summed E-state index contributed by atoms with van der Waals surface area (Å²) in [5.41, 5.74) is 1.03. The lowest BCUT2D eigenvalue weighted by atomic mass is 10.1. The van der Waals surface area contributed by atoms with E-state index in [2.05, 4.69) is 5.32 Å². The van der Waals surface area contributed by atoms with Crippen molar-refractivity contribution >= 4 is 11.9 Å². The monoisotopic (exact) mass is 291 g/mol. The number of benzene rings is 1. The number of aliphatic carboxylic acids is 1. The third-order valence-electron chi connectivity index (χ3n) is 3.61. The first kappa shape index (κ1) is 15.4. The van der Waals surface area contributed by atoms with Gasteiger partial charge in [-0.2, -0.15) is 0 Å². The second-order valence-corrected chi connectivity index (χ2v) is 5.39. The first-order chi connectivity index (χ1) is 10.1. The predicted molar refractivity (Wildman–Crippen MR) is 78.2 cm³/mol. The minimum absolute atomic E-state index is 0.161. The van der Waals surface area contributed by atoms with Gasteiger partial charge in [-0.25, -0.2) is 4.79 Å². The first-order valence-corrected chi connectivity index (χ1v) is 7.33. The summed E-state index contributed by atoms with van der Waals surface area (Å²) in [6, 6.07) is 6.71. The van der Waals surface area contributed by atoms with Crippen molar-refractivity contribution in [2.45, 2.75) is 38.6 Å². The maximum absolute atomic E-state index is 11.8. The Hall–Kier alpha value is -2.04. The smallest absolute Gasteiger partial charge is 0.326 e. The van der Waals surface area contributed by atoms with Crippen molar-refractivity contribution in [2.75, 3.05) is 6.61 Å². The fourth-order valence-electron chi connectivity index (χ4n) is 2.22. The summed E-state index contributed by atoms with van der Waals surface area (Å²) in [6.07, 6.45) is 3.43. The van der Waals surface area contributed by atoms with Crippen LogP contribution < -0.4 is 10.1 Å². The molecular weight excluding hydrogens is 270 g/mol. The average Bonchev–Trinajstić information content (AvgIpc) is 3.28. The fourth-order valence-corrected chi connectivity index (χ4v) is 2.22. The van der Waals surface area contributed by atoms with E-state index in [1.165, 1.54) is 0 Å². The zero-order valence-electron chi connectivity index (χ0n) is 12.2. The zero-order valence-corrected chi connectivity index (χ0v) is 12.2. The minimum atomic E-state index is -0.982. The lowest BCUT2D eigenvalue weighted by molar-refractivity contribution is -0.142. The van der Waals surface area contributed by atoms with Gasteiger partial charge in [0.2, 0.25) is 0 Å². The Kier molecular flexibility index (Phi) is 5.20. The Morgan fingerprint density at radius 3 is 2.71 bits per heavy atom. The zero-order chi connectivity index (χ0) is 15.2. The molecule has 0 radical (unpaired) electrons. The van der Waals surface area contributed by atoms with E-state index in [4.69, 9.17) is 9.84 Å². The molecule has 2 rings (SSSR count). The van der Waals surface area contributed by atoms with Gasteiger partial charge in [0.15, 0.2) is 6.61 Å². The van der Waals surface area contributed by atoms with Crippen LogP contribution in [0.25, 0.3) is 0 Å². The molecule has 21 heavy (non-hydrogen) atoms.